The highest BCUT2D eigenvalue weighted by atomic mass is 32.2. The number of anilines is 1. The Bertz CT molecular complexity index is 774. The van der Waals surface area contributed by atoms with Crippen molar-refractivity contribution in [1.29, 1.82) is 0 Å². The summed E-state index contributed by atoms with van der Waals surface area (Å²) in [5, 5.41) is 2.64. The van der Waals surface area contributed by atoms with E-state index in [4.69, 9.17) is 0 Å². The van der Waals surface area contributed by atoms with Crippen molar-refractivity contribution in [3.63, 3.8) is 0 Å². The molecule has 0 unspecified atom stereocenters. The number of hydrogen-bond acceptors (Lipinski definition) is 4. The molecule has 1 N–H and O–H groups in total. The summed E-state index contributed by atoms with van der Waals surface area (Å²) in [4.78, 5) is 12.8. The Morgan fingerprint density at radius 3 is 2.50 bits per heavy atom. The molecule has 0 bridgehead atoms. The lowest BCUT2D eigenvalue weighted by Crippen LogP contribution is -2.14. The van der Waals surface area contributed by atoms with E-state index in [-0.39, 0.29) is 22.4 Å². The van der Waals surface area contributed by atoms with Gasteiger partial charge in [-0.15, -0.1) is 11.8 Å². The van der Waals surface area contributed by atoms with E-state index >= 15 is 0 Å². The minimum Gasteiger partial charge on any atom is -0.325 e. The van der Waals surface area contributed by atoms with Gasteiger partial charge in [0.2, 0.25) is 5.91 Å². The second-order valence-corrected chi connectivity index (χ2v) is 7.66. The molecule has 0 aliphatic rings. The molecular weight excluding hydrogens is 325 g/mol. The zero-order valence-electron chi connectivity index (χ0n) is 11.7. The zero-order chi connectivity index (χ0) is 16.2. The highest BCUT2D eigenvalue weighted by Gasteiger charge is 2.09. The van der Waals surface area contributed by atoms with E-state index in [0.29, 0.717) is 5.69 Å². The molecule has 0 radical (unpaired) electrons. The van der Waals surface area contributed by atoms with Crippen LogP contribution in [0, 0.1) is 5.82 Å². The normalized spacial score (nSPS) is 11.2. The SMILES string of the molecule is CS(=O)(=O)c1cccc(NC(=O)CSc2ccc(F)cc2)c1. The Balaban J connectivity index is 1.96. The van der Waals surface area contributed by atoms with Crippen LogP contribution in [0.2, 0.25) is 0 Å². The van der Waals surface area contributed by atoms with Crippen molar-refractivity contribution >= 4 is 33.2 Å². The van der Waals surface area contributed by atoms with Gasteiger partial charge in [-0.1, -0.05) is 6.07 Å². The zero-order valence-corrected chi connectivity index (χ0v) is 13.4. The molecule has 0 atom stereocenters. The van der Waals surface area contributed by atoms with Gasteiger partial charge in [0.05, 0.1) is 10.6 Å². The highest BCUT2D eigenvalue weighted by Crippen LogP contribution is 2.19. The molecule has 4 nitrogen and oxygen atoms in total. The number of halogens is 1. The van der Waals surface area contributed by atoms with Crippen LogP contribution in [0.4, 0.5) is 10.1 Å². The van der Waals surface area contributed by atoms with Gasteiger partial charge >= 0.3 is 0 Å². The summed E-state index contributed by atoms with van der Waals surface area (Å²) in [5.41, 5.74) is 0.424. The van der Waals surface area contributed by atoms with Gasteiger partial charge in [-0.2, -0.15) is 0 Å². The van der Waals surface area contributed by atoms with Crippen LogP contribution in [-0.2, 0) is 14.6 Å². The van der Waals surface area contributed by atoms with Crippen LogP contribution in [0.25, 0.3) is 0 Å². The van der Waals surface area contributed by atoms with Gasteiger partial charge in [-0.3, -0.25) is 4.79 Å². The molecule has 0 saturated heterocycles. The maximum atomic E-state index is 12.8. The molecule has 22 heavy (non-hydrogen) atoms. The molecule has 2 rings (SSSR count). The summed E-state index contributed by atoms with van der Waals surface area (Å²) in [7, 11) is -3.31. The Hall–Kier alpha value is -1.86. The van der Waals surface area contributed by atoms with Crippen molar-refractivity contribution in [2.75, 3.05) is 17.3 Å². The molecule has 2 aromatic carbocycles. The summed E-state index contributed by atoms with van der Waals surface area (Å²) in [6, 6.07) is 11.9. The third-order valence-corrected chi connectivity index (χ3v) is 4.85. The van der Waals surface area contributed by atoms with Crippen molar-refractivity contribution < 1.29 is 17.6 Å². The van der Waals surface area contributed by atoms with Gasteiger partial charge in [0.15, 0.2) is 9.84 Å². The van der Waals surface area contributed by atoms with Crippen LogP contribution in [0.1, 0.15) is 0 Å². The fourth-order valence-electron chi connectivity index (χ4n) is 1.68. The number of carbonyl (C=O) groups excluding carboxylic acids is 1. The van der Waals surface area contributed by atoms with Crippen molar-refractivity contribution in [1.82, 2.24) is 0 Å². The lowest BCUT2D eigenvalue weighted by Gasteiger charge is -2.07. The lowest BCUT2D eigenvalue weighted by molar-refractivity contribution is -0.113. The van der Waals surface area contributed by atoms with E-state index in [1.807, 2.05) is 0 Å². The Kier molecular flexibility index (Phi) is 5.20. The van der Waals surface area contributed by atoms with Crippen molar-refractivity contribution in [2.24, 2.45) is 0 Å². The Morgan fingerprint density at radius 2 is 1.86 bits per heavy atom. The molecule has 2 aromatic rings. The van der Waals surface area contributed by atoms with E-state index < -0.39 is 9.84 Å². The van der Waals surface area contributed by atoms with Gasteiger partial charge in [-0.25, -0.2) is 12.8 Å². The molecule has 116 valence electrons. The number of carbonyl (C=O) groups is 1. The molecular formula is C15H14FNO3S2. The first kappa shape index (κ1) is 16.5. The smallest absolute Gasteiger partial charge is 0.234 e. The van der Waals surface area contributed by atoms with Crippen LogP contribution in [0.5, 0.6) is 0 Å². The standard InChI is InChI=1S/C15H14FNO3S2/c1-22(19,20)14-4-2-3-12(9-14)17-15(18)10-21-13-7-5-11(16)6-8-13/h2-9H,10H2,1H3,(H,17,18). The van der Waals surface area contributed by atoms with E-state index in [2.05, 4.69) is 5.32 Å². The molecule has 7 heteroatoms. The summed E-state index contributed by atoms with van der Waals surface area (Å²) in [5.74, 6) is -0.444. The van der Waals surface area contributed by atoms with E-state index in [1.54, 1.807) is 24.3 Å². The van der Waals surface area contributed by atoms with Crippen molar-refractivity contribution in [2.45, 2.75) is 9.79 Å². The van der Waals surface area contributed by atoms with Crippen molar-refractivity contribution in [3.8, 4) is 0 Å². The number of rotatable bonds is 5. The average Bonchev–Trinajstić information content (AvgIpc) is 2.46. The topological polar surface area (TPSA) is 63.2 Å². The maximum absolute atomic E-state index is 12.8. The predicted octanol–water partition coefficient (Wildman–Crippen LogP) is 2.96. The number of amides is 1. The van der Waals surface area contributed by atoms with Crippen molar-refractivity contribution in [3.05, 3.63) is 54.3 Å². The molecule has 0 heterocycles. The van der Waals surface area contributed by atoms with Gasteiger partial charge in [-0.05, 0) is 42.5 Å². The summed E-state index contributed by atoms with van der Waals surface area (Å²) < 4.78 is 35.7. The first-order valence-electron chi connectivity index (χ1n) is 6.33. The molecule has 0 fully saturated rings. The van der Waals surface area contributed by atoms with Crippen LogP contribution < -0.4 is 5.32 Å². The first-order valence-corrected chi connectivity index (χ1v) is 9.20. The van der Waals surface area contributed by atoms with Gasteiger partial charge in [0.25, 0.3) is 0 Å². The van der Waals surface area contributed by atoms with E-state index in [0.717, 1.165) is 11.2 Å². The molecule has 0 aromatic heterocycles. The third kappa shape index (κ3) is 4.85. The highest BCUT2D eigenvalue weighted by molar-refractivity contribution is 8.00. The van der Waals surface area contributed by atoms with E-state index in [9.17, 15) is 17.6 Å². The van der Waals surface area contributed by atoms with Crippen LogP contribution in [0.3, 0.4) is 0 Å². The largest absolute Gasteiger partial charge is 0.325 e. The molecule has 0 aliphatic heterocycles. The van der Waals surface area contributed by atoms with Crippen LogP contribution >= 0.6 is 11.8 Å². The Labute approximate surface area is 132 Å². The lowest BCUT2D eigenvalue weighted by atomic mass is 10.3. The summed E-state index contributed by atoms with van der Waals surface area (Å²) in [6.07, 6.45) is 1.11. The van der Waals surface area contributed by atoms with Gasteiger partial charge < -0.3 is 5.32 Å². The maximum Gasteiger partial charge on any atom is 0.234 e. The predicted molar refractivity (Wildman–Crippen MR) is 85.3 cm³/mol. The van der Waals surface area contributed by atoms with Crippen LogP contribution in [-0.4, -0.2) is 26.3 Å². The third-order valence-electron chi connectivity index (χ3n) is 2.73. The minimum absolute atomic E-state index is 0.148. The monoisotopic (exact) mass is 339 g/mol. The number of sulfone groups is 1. The first-order chi connectivity index (χ1) is 10.3. The minimum atomic E-state index is -3.31. The second kappa shape index (κ2) is 6.93. The fraction of sp³-hybridized carbons (Fsp3) is 0.133. The van der Waals surface area contributed by atoms with Crippen LogP contribution in [0.15, 0.2) is 58.3 Å². The van der Waals surface area contributed by atoms with Gasteiger partial charge in [0.1, 0.15) is 5.82 Å². The molecule has 0 spiro atoms. The fourth-order valence-corrected chi connectivity index (χ4v) is 3.05. The number of thioether (sulfide) groups is 1. The average molecular weight is 339 g/mol. The molecule has 1 amide bonds. The molecule has 0 saturated carbocycles. The number of hydrogen-bond donors (Lipinski definition) is 1. The number of benzene rings is 2. The summed E-state index contributed by atoms with van der Waals surface area (Å²) in [6.45, 7) is 0. The van der Waals surface area contributed by atoms with Gasteiger partial charge in [0, 0.05) is 16.8 Å². The van der Waals surface area contributed by atoms with E-state index in [1.165, 1.54) is 36.0 Å². The summed E-state index contributed by atoms with van der Waals surface area (Å²) >= 11 is 1.27. The quantitative estimate of drug-likeness (QED) is 0.851. The second-order valence-electron chi connectivity index (χ2n) is 4.59. The Morgan fingerprint density at radius 1 is 1.18 bits per heavy atom. The number of nitrogens with one attached hydrogen (secondary N) is 1. The molecule has 0 aliphatic carbocycles.